The van der Waals surface area contributed by atoms with Gasteiger partial charge in [0.25, 0.3) is 0 Å². The van der Waals surface area contributed by atoms with Crippen LogP contribution in [-0.4, -0.2) is 25.0 Å². The van der Waals surface area contributed by atoms with Crippen LogP contribution < -0.4 is 16.2 Å². The first-order valence-electron chi connectivity index (χ1n) is 5.05. The number of ketones is 1. The summed E-state index contributed by atoms with van der Waals surface area (Å²) >= 11 is 0. The molecule has 0 radical (unpaired) electrons. The number of hydrogen-bond donors (Lipinski definition) is 3. The number of nitrogens with one attached hydrogen (secondary N) is 3. The number of urea groups is 1. The number of ether oxygens (including phenoxy) is 1. The monoisotopic (exact) mass is 251 g/mol. The molecule has 0 heterocycles. The van der Waals surface area contributed by atoms with E-state index in [0.29, 0.717) is 11.3 Å². The van der Waals surface area contributed by atoms with E-state index >= 15 is 0 Å². The van der Waals surface area contributed by atoms with Crippen molar-refractivity contribution in [2.24, 2.45) is 0 Å². The molecule has 0 aliphatic heterocycles. The number of carbonyl (C=O) groups is 3. The average molecular weight is 251 g/mol. The largest absolute Gasteiger partial charge is 0.452 e. The molecule has 0 bridgehead atoms. The van der Waals surface area contributed by atoms with E-state index in [1.165, 1.54) is 14.0 Å². The Kier molecular flexibility index (Phi) is 4.67. The lowest BCUT2D eigenvalue weighted by molar-refractivity contribution is 0.101. The lowest BCUT2D eigenvalue weighted by atomic mass is 10.1. The summed E-state index contributed by atoms with van der Waals surface area (Å²) in [6, 6.07) is 5.70. The second kappa shape index (κ2) is 6.24. The van der Waals surface area contributed by atoms with Crippen LogP contribution in [0, 0.1) is 0 Å². The van der Waals surface area contributed by atoms with Crippen LogP contribution in [0.5, 0.6) is 0 Å². The van der Waals surface area contributed by atoms with Gasteiger partial charge in [0.15, 0.2) is 5.78 Å². The highest BCUT2D eigenvalue weighted by atomic mass is 16.5. The van der Waals surface area contributed by atoms with Crippen molar-refractivity contribution in [1.29, 1.82) is 0 Å². The van der Waals surface area contributed by atoms with E-state index < -0.39 is 12.1 Å². The molecule has 0 atom stereocenters. The third kappa shape index (κ3) is 4.12. The van der Waals surface area contributed by atoms with Crippen LogP contribution in [0.2, 0.25) is 0 Å². The van der Waals surface area contributed by atoms with Crippen molar-refractivity contribution in [3.8, 4) is 0 Å². The third-order valence-electron chi connectivity index (χ3n) is 2.01. The van der Waals surface area contributed by atoms with E-state index in [1.807, 2.05) is 5.43 Å². The fraction of sp³-hybridized carbons (Fsp3) is 0.182. The van der Waals surface area contributed by atoms with Gasteiger partial charge in [0.2, 0.25) is 0 Å². The smallest absolute Gasteiger partial charge is 0.425 e. The molecule has 0 fully saturated rings. The number of anilines is 1. The van der Waals surface area contributed by atoms with Crippen molar-refractivity contribution in [3.05, 3.63) is 29.8 Å². The van der Waals surface area contributed by atoms with Gasteiger partial charge in [-0.3, -0.25) is 4.79 Å². The summed E-state index contributed by atoms with van der Waals surface area (Å²) in [7, 11) is 1.18. The minimum atomic E-state index is -0.780. The molecule has 3 N–H and O–H groups in total. The molecule has 3 amide bonds. The Balaban J connectivity index is 2.49. The van der Waals surface area contributed by atoms with Crippen molar-refractivity contribution < 1.29 is 19.1 Å². The van der Waals surface area contributed by atoms with Gasteiger partial charge in [-0.2, -0.15) is 0 Å². The summed E-state index contributed by atoms with van der Waals surface area (Å²) < 4.78 is 4.26. The van der Waals surface area contributed by atoms with Crippen LogP contribution in [0.3, 0.4) is 0 Å². The summed E-state index contributed by atoms with van der Waals surface area (Å²) in [6.07, 6.45) is -0.780. The first-order valence-corrected chi connectivity index (χ1v) is 5.05. The zero-order chi connectivity index (χ0) is 13.5. The van der Waals surface area contributed by atoms with Crippen LogP contribution in [0.1, 0.15) is 17.3 Å². The van der Waals surface area contributed by atoms with E-state index in [-0.39, 0.29) is 5.78 Å². The van der Waals surface area contributed by atoms with E-state index in [2.05, 4.69) is 15.5 Å². The molecule has 7 heteroatoms. The molecular weight excluding hydrogens is 238 g/mol. The number of rotatable bonds is 2. The van der Waals surface area contributed by atoms with E-state index in [0.717, 1.165) is 0 Å². The first-order chi connectivity index (χ1) is 8.52. The van der Waals surface area contributed by atoms with Gasteiger partial charge in [-0.1, -0.05) is 0 Å². The van der Waals surface area contributed by atoms with Crippen molar-refractivity contribution in [3.63, 3.8) is 0 Å². The maximum absolute atomic E-state index is 11.3. The second-order valence-corrected chi connectivity index (χ2v) is 3.33. The SMILES string of the molecule is COC(=O)NNC(=O)Nc1ccc(C(C)=O)cc1. The quantitative estimate of drug-likeness (QED) is 0.545. The predicted octanol–water partition coefficient (Wildman–Crippen LogP) is 1.28. The van der Waals surface area contributed by atoms with Gasteiger partial charge in [-0.05, 0) is 31.2 Å². The number of amides is 3. The summed E-state index contributed by atoms with van der Waals surface area (Å²) in [4.78, 5) is 33.0. The normalized spacial score (nSPS) is 9.22. The second-order valence-electron chi connectivity index (χ2n) is 3.33. The van der Waals surface area contributed by atoms with Gasteiger partial charge in [0.1, 0.15) is 0 Å². The topological polar surface area (TPSA) is 96.5 Å². The van der Waals surface area contributed by atoms with Crippen LogP contribution in [0.25, 0.3) is 0 Å². The lowest BCUT2D eigenvalue weighted by Crippen LogP contribution is -2.43. The molecular formula is C11H13N3O4. The first kappa shape index (κ1) is 13.5. The van der Waals surface area contributed by atoms with Crippen molar-refractivity contribution >= 4 is 23.6 Å². The van der Waals surface area contributed by atoms with Crippen LogP contribution in [0.15, 0.2) is 24.3 Å². The van der Waals surface area contributed by atoms with Gasteiger partial charge >= 0.3 is 12.1 Å². The molecule has 1 aromatic rings. The minimum Gasteiger partial charge on any atom is -0.452 e. The maximum atomic E-state index is 11.3. The van der Waals surface area contributed by atoms with Crippen LogP contribution >= 0.6 is 0 Å². The molecule has 0 aromatic heterocycles. The summed E-state index contributed by atoms with van der Waals surface area (Å²) in [6.45, 7) is 1.45. The Hall–Kier alpha value is -2.57. The number of benzene rings is 1. The molecule has 0 saturated carbocycles. The number of carbonyl (C=O) groups excluding carboxylic acids is 3. The van der Waals surface area contributed by atoms with Crippen molar-refractivity contribution in [2.75, 3.05) is 12.4 Å². The summed E-state index contributed by atoms with van der Waals surface area (Å²) in [5.41, 5.74) is 5.12. The van der Waals surface area contributed by atoms with Gasteiger partial charge < -0.3 is 10.1 Å². The van der Waals surface area contributed by atoms with Gasteiger partial charge in [-0.15, -0.1) is 0 Å². The van der Waals surface area contributed by atoms with Crippen LogP contribution in [0.4, 0.5) is 15.3 Å². The molecule has 0 aliphatic rings. The van der Waals surface area contributed by atoms with Gasteiger partial charge in [0.05, 0.1) is 7.11 Å². The molecule has 0 spiro atoms. The van der Waals surface area contributed by atoms with Gasteiger partial charge in [-0.25, -0.2) is 20.4 Å². The number of hydrazine groups is 1. The summed E-state index contributed by atoms with van der Waals surface area (Å²) in [5, 5.41) is 2.46. The number of methoxy groups -OCH3 is 1. The fourth-order valence-electron chi connectivity index (χ4n) is 1.11. The molecule has 0 saturated heterocycles. The Bertz CT molecular complexity index is 456. The third-order valence-corrected chi connectivity index (χ3v) is 2.01. The standard InChI is InChI=1S/C11H13N3O4/c1-7(15)8-3-5-9(6-4-8)12-10(16)13-14-11(17)18-2/h3-6H,1-2H3,(H,14,17)(H2,12,13,16). The molecule has 18 heavy (non-hydrogen) atoms. The number of Topliss-reactive ketones (excluding diaryl/α,β-unsaturated/α-hetero) is 1. The molecule has 0 unspecified atom stereocenters. The lowest BCUT2D eigenvalue weighted by Gasteiger charge is -2.08. The van der Waals surface area contributed by atoms with Gasteiger partial charge in [0, 0.05) is 11.3 Å². The van der Waals surface area contributed by atoms with Crippen molar-refractivity contribution in [1.82, 2.24) is 10.9 Å². The number of hydrogen-bond acceptors (Lipinski definition) is 4. The molecule has 96 valence electrons. The average Bonchev–Trinajstić information content (AvgIpc) is 2.36. The molecule has 7 nitrogen and oxygen atoms in total. The maximum Gasteiger partial charge on any atom is 0.425 e. The summed E-state index contributed by atoms with van der Waals surface area (Å²) in [5.74, 6) is -0.0571. The predicted molar refractivity (Wildman–Crippen MR) is 64.1 cm³/mol. The molecule has 1 rings (SSSR count). The highest BCUT2D eigenvalue weighted by Gasteiger charge is 2.04. The zero-order valence-corrected chi connectivity index (χ0v) is 9.94. The highest BCUT2D eigenvalue weighted by molar-refractivity contribution is 5.95. The Labute approximate surface area is 103 Å². The van der Waals surface area contributed by atoms with E-state index in [1.54, 1.807) is 24.3 Å². The Morgan fingerprint density at radius 1 is 1.06 bits per heavy atom. The van der Waals surface area contributed by atoms with E-state index in [4.69, 9.17) is 0 Å². The van der Waals surface area contributed by atoms with Crippen molar-refractivity contribution in [2.45, 2.75) is 6.92 Å². The fourth-order valence-corrected chi connectivity index (χ4v) is 1.11. The minimum absolute atomic E-state index is 0.0571. The van der Waals surface area contributed by atoms with Crippen LogP contribution in [-0.2, 0) is 4.74 Å². The zero-order valence-electron chi connectivity index (χ0n) is 9.94. The molecule has 0 aliphatic carbocycles. The Morgan fingerprint density at radius 3 is 2.17 bits per heavy atom. The Morgan fingerprint density at radius 2 is 1.67 bits per heavy atom. The highest BCUT2D eigenvalue weighted by Crippen LogP contribution is 2.09. The molecule has 1 aromatic carbocycles. The van der Waals surface area contributed by atoms with E-state index in [9.17, 15) is 14.4 Å².